The van der Waals surface area contributed by atoms with Gasteiger partial charge in [0.2, 0.25) is 0 Å². The molecule has 0 saturated heterocycles. The number of nitrogens with one attached hydrogen (secondary N) is 2. The number of nitrogens with zero attached hydrogens (tertiary/aromatic N) is 6. The van der Waals surface area contributed by atoms with E-state index >= 15 is 0 Å². The summed E-state index contributed by atoms with van der Waals surface area (Å²) < 4.78 is 25.3. The number of ether oxygens (including phenoxy) is 4. The van der Waals surface area contributed by atoms with E-state index in [9.17, 15) is 0 Å². The van der Waals surface area contributed by atoms with Gasteiger partial charge in [0.25, 0.3) is 0 Å². The van der Waals surface area contributed by atoms with Gasteiger partial charge in [-0.3, -0.25) is 0 Å². The first kappa shape index (κ1) is 53.1. The van der Waals surface area contributed by atoms with Crippen LogP contribution in [0, 0.1) is 0 Å². The van der Waals surface area contributed by atoms with E-state index in [2.05, 4.69) is 9.97 Å². The lowest BCUT2D eigenvalue weighted by Gasteiger charge is -2.14. The predicted molar refractivity (Wildman–Crippen MR) is 322 cm³/mol. The van der Waals surface area contributed by atoms with Crippen molar-refractivity contribution in [3.63, 3.8) is 0 Å². The fourth-order valence-corrected chi connectivity index (χ4v) is 12.5. The normalized spacial score (nSPS) is 11.8. The van der Waals surface area contributed by atoms with Crippen LogP contribution < -0.4 is 18.9 Å². The highest BCUT2D eigenvalue weighted by molar-refractivity contribution is 6.53. The van der Waals surface area contributed by atoms with Gasteiger partial charge in [-0.05, 0) is 48.5 Å². The fourth-order valence-electron chi connectivity index (χ4n) is 9.05. The van der Waals surface area contributed by atoms with Gasteiger partial charge >= 0.3 is 0 Å². The largest absolute Gasteiger partial charge is 0.454 e. The Hall–Kier alpha value is -6.20. The van der Waals surface area contributed by atoms with E-state index in [0.29, 0.717) is 23.0 Å². The summed E-state index contributed by atoms with van der Waals surface area (Å²) in [5.41, 5.74) is 0.541. The maximum atomic E-state index is 7.43. The zero-order valence-corrected chi connectivity index (χ0v) is 48.5. The first-order valence-electron chi connectivity index (χ1n) is 23.2. The van der Waals surface area contributed by atoms with Gasteiger partial charge in [-0.25, -0.2) is 29.9 Å². The standard InChI is InChI=1S/C56H22Cl12N8O4/c57-33-25-29(37(61)45(41(33)65)77-21-13-5-1-6-14-21)53-70-49(25)69-50-26-31(39(63)47(42(66)34(26)58)79-23-17-9-3-10-18-23)55(71-50)76-56-32-28(36(60)44(68)48(40(32)64)80-24-19-11-4-12-20-24)52(75-56)74-54-30-27(51(72-53)73-54)35(59)43(67)46(38(30)62)78-22-15-7-2-8-16-22/h1-20H,(H2,69,70,71,72,73,74,75,76). The number of benzene rings is 8. The van der Waals surface area contributed by atoms with Crippen molar-refractivity contribution in [2.45, 2.75) is 0 Å². The molecule has 2 aliphatic heterocycles. The SMILES string of the molecule is Clc1c(Cl)c2c(c(Cl)c1Oc1ccccc1)-c1nc-2nc2[nH]c(nc3nc(nc4[nH]c(n1)c1c(Cl)c(Cl)c(Oc5ccccc5)c(Cl)c41)-c1c(Cl)c(Oc4ccccc4)c(Cl)c(Cl)c1-3)c1c(Cl)c(Cl)c(Oc3ccccc3)c(Cl)c21. The van der Waals surface area contributed by atoms with Crippen molar-refractivity contribution in [1.29, 1.82) is 0 Å². The molecular formula is C56H22Cl12N8O4. The Labute approximate surface area is 510 Å². The highest BCUT2D eigenvalue weighted by Gasteiger charge is 2.36. The summed E-state index contributed by atoms with van der Waals surface area (Å²) in [7, 11) is 0. The molecule has 11 aromatic rings. The number of para-hydroxylation sites is 4. The summed E-state index contributed by atoms with van der Waals surface area (Å²) in [5, 5.41) is -0.121. The van der Waals surface area contributed by atoms with Crippen LogP contribution in [0.3, 0.4) is 0 Å². The number of H-pyrrole nitrogens is 2. The van der Waals surface area contributed by atoms with Crippen molar-refractivity contribution in [3.8, 4) is 91.5 Å². The molecule has 13 rings (SSSR count). The lowest BCUT2D eigenvalue weighted by Crippen LogP contribution is -1.93. The van der Waals surface area contributed by atoms with Crippen LogP contribution in [0.15, 0.2) is 121 Å². The van der Waals surface area contributed by atoms with Crippen LogP contribution in [-0.2, 0) is 0 Å². The molecule has 0 saturated carbocycles. The highest BCUT2D eigenvalue weighted by Crippen LogP contribution is 2.57. The molecule has 0 aliphatic carbocycles. The third-order valence-electron chi connectivity index (χ3n) is 12.6. The quantitative estimate of drug-likeness (QED) is 0.141. The van der Waals surface area contributed by atoms with E-state index < -0.39 is 0 Å². The smallest absolute Gasteiger partial charge is 0.166 e. The van der Waals surface area contributed by atoms with Crippen LogP contribution in [0.25, 0.3) is 89.7 Å². The van der Waals surface area contributed by atoms with Crippen molar-refractivity contribution < 1.29 is 18.9 Å². The number of hydrogen-bond donors (Lipinski definition) is 2. The zero-order chi connectivity index (χ0) is 55.4. The molecule has 0 radical (unpaired) electrons. The first-order chi connectivity index (χ1) is 38.7. The number of rotatable bonds is 8. The zero-order valence-electron chi connectivity index (χ0n) is 39.4. The summed E-state index contributed by atoms with van der Waals surface area (Å²) in [6, 6.07) is 35.2. The second-order valence-corrected chi connectivity index (χ2v) is 21.9. The Balaban J connectivity index is 1.21. The van der Waals surface area contributed by atoms with Crippen molar-refractivity contribution in [2.24, 2.45) is 0 Å². The van der Waals surface area contributed by atoms with Crippen LogP contribution in [0.4, 0.5) is 0 Å². The summed E-state index contributed by atoms with van der Waals surface area (Å²) in [5.74, 6) is 1.15. The second kappa shape index (κ2) is 21.0. The first-order valence-corrected chi connectivity index (χ1v) is 27.8. The van der Waals surface area contributed by atoms with Crippen molar-refractivity contribution in [2.75, 3.05) is 0 Å². The van der Waals surface area contributed by atoms with Gasteiger partial charge in [0.15, 0.2) is 46.3 Å². The van der Waals surface area contributed by atoms with Gasteiger partial charge in [-0.15, -0.1) is 0 Å². The van der Waals surface area contributed by atoms with E-state index in [-0.39, 0.29) is 173 Å². The molecule has 2 aliphatic rings. The Morgan fingerprint density at radius 2 is 0.463 bits per heavy atom. The lowest BCUT2D eigenvalue weighted by atomic mass is 10.1. The van der Waals surface area contributed by atoms with Gasteiger partial charge in [0.05, 0.1) is 84.0 Å². The number of hydrogen-bond acceptors (Lipinski definition) is 10. The molecule has 0 atom stereocenters. The minimum atomic E-state index is -0.0821. The van der Waals surface area contributed by atoms with Crippen LogP contribution >= 0.6 is 139 Å². The molecule has 8 bridgehead atoms. The van der Waals surface area contributed by atoms with Gasteiger partial charge in [0.1, 0.15) is 65.7 Å². The van der Waals surface area contributed by atoms with Gasteiger partial charge in [-0.2, -0.15) is 0 Å². The van der Waals surface area contributed by atoms with Gasteiger partial charge < -0.3 is 28.9 Å². The molecule has 0 fully saturated rings. The van der Waals surface area contributed by atoms with E-state index in [1.165, 1.54) is 0 Å². The summed E-state index contributed by atoms with van der Waals surface area (Å²) in [6.45, 7) is 0. The third kappa shape index (κ3) is 8.84. The molecule has 2 N–H and O–H groups in total. The lowest BCUT2D eigenvalue weighted by molar-refractivity contribution is 0.483. The molecule has 8 aromatic carbocycles. The monoisotopic (exact) mass is 1290 g/mol. The van der Waals surface area contributed by atoms with Crippen LogP contribution in [0.2, 0.25) is 60.3 Å². The molecular weight excluding hydrogens is 1270 g/mol. The number of fused-ring (bicyclic) bond motifs is 20. The molecule has 12 nitrogen and oxygen atoms in total. The Morgan fingerprint density at radius 1 is 0.237 bits per heavy atom. The molecule has 80 heavy (non-hydrogen) atoms. The average molecular weight is 1300 g/mol. The van der Waals surface area contributed by atoms with Gasteiger partial charge in [0, 0.05) is 0 Å². The summed E-state index contributed by atoms with van der Waals surface area (Å²) >= 11 is 87.4. The average Bonchev–Trinajstić information content (AvgIpc) is 4.27. The molecule has 0 unspecified atom stereocenters. The van der Waals surface area contributed by atoms with Gasteiger partial charge in [-0.1, -0.05) is 212 Å². The number of aromatic amines is 2. The molecule has 394 valence electrons. The summed E-state index contributed by atoms with van der Waals surface area (Å²) in [4.78, 5) is 36.9. The topological polar surface area (TPSA) is 146 Å². The fraction of sp³-hybridized carbons (Fsp3) is 0. The third-order valence-corrected chi connectivity index (χ3v) is 17.4. The molecule has 3 aromatic heterocycles. The minimum absolute atomic E-state index is 0.00495. The number of aromatic nitrogens is 8. The van der Waals surface area contributed by atoms with E-state index in [4.69, 9.17) is 188 Å². The Bertz CT molecular complexity index is 4640. The maximum Gasteiger partial charge on any atom is 0.166 e. The van der Waals surface area contributed by atoms with Crippen molar-refractivity contribution in [3.05, 3.63) is 182 Å². The van der Waals surface area contributed by atoms with E-state index in [1.807, 2.05) is 24.3 Å². The second-order valence-electron chi connectivity index (χ2n) is 17.4. The van der Waals surface area contributed by atoms with Crippen molar-refractivity contribution >= 4 is 183 Å². The van der Waals surface area contributed by atoms with Crippen molar-refractivity contribution in [1.82, 2.24) is 39.9 Å². The molecule has 5 heterocycles. The molecule has 0 spiro atoms. The highest BCUT2D eigenvalue weighted by atomic mass is 35.5. The molecule has 0 amide bonds. The van der Waals surface area contributed by atoms with E-state index in [0.717, 1.165) is 0 Å². The Morgan fingerprint density at radius 3 is 0.738 bits per heavy atom. The van der Waals surface area contributed by atoms with Crippen LogP contribution in [-0.4, -0.2) is 39.9 Å². The van der Waals surface area contributed by atoms with Crippen LogP contribution in [0.5, 0.6) is 46.0 Å². The minimum Gasteiger partial charge on any atom is -0.454 e. The van der Waals surface area contributed by atoms with E-state index in [1.54, 1.807) is 97.1 Å². The van der Waals surface area contributed by atoms with Crippen LogP contribution in [0.1, 0.15) is 0 Å². The predicted octanol–water partition coefficient (Wildman–Crippen LogP) is 21.9. The Kier molecular flexibility index (Phi) is 13.9. The summed E-state index contributed by atoms with van der Waals surface area (Å²) in [6.07, 6.45) is 0. The number of halogens is 12. The maximum absolute atomic E-state index is 7.43. The molecule has 24 heteroatoms.